The van der Waals surface area contributed by atoms with E-state index in [9.17, 15) is 14.4 Å². The van der Waals surface area contributed by atoms with Gasteiger partial charge in [-0.05, 0) is 55.4 Å². The van der Waals surface area contributed by atoms with E-state index >= 15 is 0 Å². The van der Waals surface area contributed by atoms with Crippen LogP contribution in [0, 0.1) is 0 Å². The van der Waals surface area contributed by atoms with E-state index in [4.69, 9.17) is 23.7 Å². The van der Waals surface area contributed by atoms with Gasteiger partial charge in [0, 0.05) is 6.42 Å². The molecule has 0 aromatic rings. The quantitative estimate of drug-likeness (QED) is 0.633. The Labute approximate surface area is 176 Å². The van der Waals surface area contributed by atoms with Crippen molar-refractivity contribution in [1.29, 1.82) is 0 Å². The summed E-state index contributed by atoms with van der Waals surface area (Å²) in [6.07, 6.45) is -4.03. The zero-order valence-electron chi connectivity index (χ0n) is 18.8. The summed E-state index contributed by atoms with van der Waals surface area (Å²) in [5, 5.41) is 0.861. The number of hydrazine groups is 1. The van der Waals surface area contributed by atoms with E-state index in [1.54, 1.807) is 55.4 Å². The highest BCUT2D eigenvalue weighted by Gasteiger charge is 2.63. The SMILES string of the molecule is CC(C)(C)OC(=O)NN(C(=O)OC(C)(C)C)[C@@H]1C(=O)C[C@@H]2O[C@H]1[C@H]1OC(C)(C)O[C@H]12. The molecule has 3 rings (SSSR count). The lowest BCUT2D eigenvalue weighted by Gasteiger charge is -2.39. The molecule has 0 saturated carbocycles. The van der Waals surface area contributed by atoms with Crippen molar-refractivity contribution in [3.8, 4) is 0 Å². The van der Waals surface area contributed by atoms with Crippen molar-refractivity contribution < 1.29 is 38.1 Å². The highest BCUT2D eigenvalue weighted by molar-refractivity contribution is 5.90. The van der Waals surface area contributed by atoms with Crippen LogP contribution in [-0.4, -0.2) is 70.4 Å². The summed E-state index contributed by atoms with van der Waals surface area (Å²) in [5.41, 5.74) is 0.733. The molecule has 2 amide bonds. The number of rotatable bonds is 1. The van der Waals surface area contributed by atoms with Crippen LogP contribution >= 0.6 is 0 Å². The number of nitrogens with zero attached hydrogens (tertiary/aromatic N) is 1. The lowest BCUT2D eigenvalue weighted by Crippen LogP contribution is -2.63. The van der Waals surface area contributed by atoms with E-state index in [0.717, 1.165) is 5.01 Å². The number of carbonyl (C=O) groups is 3. The van der Waals surface area contributed by atoms with Gasteiger partial charge in [-0.3, -0.25) is 4.79 Å². The number of amides is 2. The van der Waals surface area contributed by atoms with E-state index in [0.29, 0.717) is 0 Å². The third-order valence-electron chi connectivity index (χ3n) is 4.71. The molecule has 3 heterocycles. The Hall–Kier alpha value is -1.91. The second-order valence-electron chi connectivity index (χ2n) is 10.3. The van der Waals surface area contributed by atoms with Gasteiger partial charge in [-0.2, -0.15) is 0 Å². The third-order valence-corrected chi connectivity index (χ3v) is 4.71. The van der Waals surface area contributed by atoms with Gasteiger partial charge in [-0.25, -0.2) is 20.0 Å². The van der Waals surface area contributed by atoms with Gasteiger partial charge in [0.2, 0.25) is 0 Å². The average molecular weight is 428 g/mol. The van der Waals surface area contributed by atoms with Crippen molar-refractivity contribution in [3.63, 3.8) is 0 Å². The molecule has 1 N–H and O–H groups in total. The van der Waals surface area contributed by atoms with Gasteiger partial charge in [0.1, 0.15) is 35.6 Å². The molecule has 30 heavy (non-hydrogen) atoms. The molecule has 0 aromatic carbocycles. The van der Waals surface area contributed by atoms with Crippen LogP contribution in [0.2, 0.25) is 0 Å². The van der Waals surface area contributed by atoms with Crippen LogP contribution < -0.4 is 5.43 Å². The Morgan fingerprint density at radius 1 is 1.00 bits per heavy atom. The van der Waals surface area contributed by atoms with E-state index in [1.165, 1.54) is 0 Å². The fourth-order valence-corrected chi connectivity index (χ4v) is 3.87. The Kier molecular flexibility index (Phi) is 5.58. The van der Waals surface area contributed by atoms with Crippen LogP contribution in [0.15, 0.2) is 0 Å². The average Bonchev–Trinajstić information content (AvgIpc) is 2.96. The Bertz CT molecular complexity index is 723. The third kappa shape index (κ3) is 4.87. The first kappa shape index (κ1) is 22.8. The van der Waals surface area contributed by atoms with Crippen LogP contribution in [0.5, 0.6) is 0 Å². The zero-order valence-corrected chi connectivity index (χ0v) is 18.8. The largest absolute Gasteiger partial charge is 0.443 e. The molecular weight excluding hydrogens is 396 g/mol. The normalized spacial score (nSPS) is 32.4. The molecule has 3 fully saturated rings. The lowest BCUT2D eigenvalue weighted by molar-refractivity contribution is -0.203. The van der Waals surface area contributed by atoms with E-state index in [-0.39, 0.29) is 12.2 Å². The van der Waals surface area contributed by atoms with Crippen LogP contribution in [0.4, 0.5) is 9.59 Å². The van der Waals surface area contributed by atoms with Gasteiger partial charge in [0.05, 0.1) is 6.10 Å². The van der Waals surface area contributed by atoms with Crippen molar-refractivity contribution in [2.24, 2.45) is 0 Å². The van der Waals surface area contributed by atoms with Gasteiger partial charge in [-0.1, -0.05) is 0 Å². The van der Waals surface area contributed by atoms with Crippen molar-refractivity contribution in [2.45, 2.75) is 109 Å². The first-order valence-corrected chi connectivity index (χ1v) is 10.1. The number of carbonyl (C=O) groups excluding carboxylic acids is 3. The van der Waals surface area contributed by atoms with Crippen LogP contribution in [-0.2, 0) is 28.5 Å². The fraction of sp³-hybridized carbons (Fsp3) is 0.850. The van der Waals surface area contributed by atoms with E-state index < -0.39 is 59.6 Å². The summed E-state index contributed by atoms with van der Waals surface area (Å²) in [5.74, 6) is -1.12. The summed E-state index contributed by atoms with van der Waals surface area (Å²) in [4.78, 5) is 38.4. The number of ether oxygens (including phenoxy) is 5. The Balaban J connectivity index is 1.88. The van der Waals surface area contributed by atoms with Crippen molar-refractivity contribution in [2.75, 3.05) is 0 Å². The molecular formula is C20H32N2O8. The molecule has 3 aliphatic heterocycles. The van der Waals surface area contributed by atoms with Crippen LogP contribution in [0.1, 0.15) is 61.8 Å². The highest BCUT2D eigenvalue weighted by Crippen LogP contribution is 2.44. The molecule has 0 aromatic heterocycles. The first-order valence-electron chi connectivity index (χ1n) is 10.1. The number of Topliss-reactive ketones (excluding diaryl/α,β-unsaturated/α-hetero) is 1. The number of hydrogen-bond acceptors (Lipinski definition) is 8. The minimum Gasteiger partial charge on any atom is -0.443 e. The predicted molar refractivity (Wildman–Crippen MR) is 103 cm³/mol. The predicted octanol–water partition coefficient (Wildman–Crippen LogP) is 2.29. The lowest BCUT2D eigenvalue weighted by atomic mass is 10.0. The van der Waals surface area contributed by atoms with Gasteiger partial charge in [-0.15, -0.1) is 0 Å². The van der Waals surface area contributed by atoms with Crippen molar-refractivity contribution in [3.05, 3.63) is 0 Å². The van der Waals surface area contributed by atoms with Gasteiger partial charge in [0.15, 0.2) is 11.6 Å². The summed E-state index contributed by atoms with van der Waals surface area (Å²) in [6, 6.07) is -1.14. The molecule has 0 spiro atoms. The highest BCUT2D eigenvalue weighted by atomic mass is 16.8. The molecule has 10 nitrogen and oxygen atoms in total. The monoisotopic (exact) mass is 428 g/mol. The molecule has 0 radical (unpaired) electrons. The molecule has 10 heteroatoms. The van der Waals surface area contributed by atoms with Gasteiger partial charge < -0.3 is 23.7 Å². The maximum Gasteiger partial charge on any atom is 0.430 e. The maximum atomic E-state index is 13.0. The minimum atomic E-state index is -1.14. The standard InChI is InChI=1S/C20H32N2O8/c1-18(2,3)29-16(24)21-22(17(25)30-19(4,5)6)12-10(23)9-11-13-15(14(12)26-11)28-20(7,8)27-13/h11-15H,9H2,1-8H3,(H,21,24)/t11-,12+,13-,14+,15-/m0/s1. The van der Waals surface area contributed by atoms with Gasteiger partial charge >= 0.3 is 12.2 Å². The number of fused-ring (bicyclic) bond motifs is 5. The summed E-state index contributed by atoms with van der Waals surface area (Å²) >= 11 is 0. The smallest absolute Gasteiger partial charge is 0.430 e. The maximum absolute atomic E-state index is 13.0. The molecule has 5 atom stereocenters. The van der Waals surface area contributed by atoms with Crippen molar-refractivity contribution in [1.82, 2.24) is 10.4 Å². The number of ketones is 1. The summed E-state index contributed by atoms with van der Waals surface area (Å²) in [6.45, 7) is 13.7. The zero-order chi connectivity index (χ0) is 22.6. The molecule has 0 aliphatic carbocycles. The number of nitrogens with one attached hydrogen (secondary N) is 1. The molecule has 0 unspecified atom stereocenters. The van der Waals surface area contributed by atoms with Crippen LogP contribution in [0.25, 0.3) is 0 Å². The number of hydrogen-bond donors (Lipinski definition) is 1. The Morgan fingerprint density at radius 2 is 1.57 bits per heavy atom. The van der Waals surface area contributed by atoms with Gasteiger partial charge in [0.25, 0.3) is 0 Å². The topological polar surface area (TPSA) is 113 Å². The second-order valence-corrected chi connectivity index (χ2v) is 10.3. The first-order chi connectivity index (χ1) is 13.6. The summed E-state index contributed by atoms with van der Waals surface area (Å²) < 4.78 is 28.5. The van der Waals surface area contributed by atoms with Crippen molar-refractivity contribution >= 4 is 18.0 Å². The molecule has 3 aliphatic rings. The summed E-state index contributed by atoms with van der Waals surface area (Å²) in [7, 11) is 0. The van der Waals surface area contributed by atoms with E-state index in [1.807, 2.05) is 0 Å². The Morgan fingerprint density at radius 3 is 2.13 bits per heavy atom. The molecule has 170 valence electrons. The molecule has 3 saturated heterocycles. The minimum absolute atomic E-state index is 0.0249. The van der Waals surface area contributed by atoms with E-state index in [2.05, 4.69) is 5.43 Å². The second kappa shape index (κ2) is 7.35. The molecule has 2 bridgehead atoms. The van der Waals surface area contributed by atoms with Crippen LogP contribution in [0.3, 0.4) is 0 Å². The fourth-order valence-electron chi connectivity index (χ4n) is 3.87.